The fraction of sp³-hybridized carbons (Fsp3) is 1.00. The molecule has 14 heavy (non-hydrogen) atoms. The molecule has 0 radical (unpaired) electrons. The molecule has 4 heteroatoms. The van der Waals surface area contributed by atoms with Crippen LogP contribution < -0.4 is 5.32 Å². The summed E-state index contributed by atoms with van der Waals surface area (Å²) < 4.78 is 0. The molecule has 2 N–H and O–H groups in total. The molecule has 0 aromatic rings. The Labute approximate surface area is 86.9 Å². The van der Waals surface area contributed by atoms with Gasteiger partial charge in [-0.25, -0.2) is 0 Å². The second-order valence-corrected chi connectivity index (χ2v) is 4.01. The number of likely N-dealkylation sites (N-methyl/N-ethyl adjacent to an activating group) is 1. The van der Waals surface area contributed by atoms with Crippen LogP contribution in [0.3, 0.4) is 0 Å². The van der Waals surface area contributed by atoms with E-state index in [1.807, 2.05) is 7.05 Å². The first kappa shape index (κ1) is 11.9. The third-order valence-corrected chi connectivity index (χ3v) is 2.95. The molecular formula is C10H23N3O. The van der Waals surface area contributed by atoms with Gasteiger partial charge in [0, 0.05) is 45.3 Å². The predicted octanol–water partition coefficient (Wildman–Crippen LogP) is -0.796. The summed E-state index contributed by atoms with van der Waals surface area (Å²) in [5, 5.41) is 12.0. The van der Waals surface area contributed by atoms with E-state index in [0.29, 0.717) is 6.04 Å². The minimum absolute atomic E-state index is 0.284. The van der Waals surface area contributed by atoms with Crippen molar-refractivity contribution in [3.8, 4) is 0 Å². The molecule has 1 unspecified atom stereocenters. The molecule has 1 rings (SSSR count). The Hall–Kier alpha value is -0.160. The summed E-state index contributed by atoms with van der Waals surface area (Å²) in [6.45, 7) is 8.87. The Morgan fingerprint density at radius 3 is 2.43 bits per heavy atom. The third kappa shape index (κ3) is 3.53. The van der Waals surface area contributed by atoms with E-state index in [2.05, 4.69) is 22.0 Å². The molecule has 1 heterocycles. The summed E-state index contributed by atoms with van der Waals surface area (Å²) in [6, 6.07) is 0.622. The second kappa shape index (κ2) is 6.35. The molecule has 0 bridgehead atoms. The van der Waals surface area contributed by atoms with E-state index in [4.69, 9.17) is 5.11 Å². The number of hydrogen-bond acceptors (Lipinski definition) is 4. The first-order valence-electron chi connectivity index (χ1n) is 5.49. The Morgan fingerprint density at radius 2 is 1.93 bits per heavy atom. The Morgan fingerprint density at radius 1 is 1.29 bits per heavy atom. The quantitative estimate of drug-likeness (QED) is 0.611. The van der Waals surface area contributed by atoms with Crippen LogP contribution in [-0.2, 0) is 0 Å². The van der Waals surface area contributed by atoms with Crippen LogP contribution in [0.5, 0.6) is 0 Å². The first-order valence-corrected chi connectivity index (χ1v) is 5.49. The molecule has 0 aromatic carbocycles. The fourth-order valence-electron chi connectivity index (χ4n) is 1.99. The van der Waals surface area contributed by atoms with Gasteiger partial charge < -0.3 is 10.4 Å². The molecule has 84 valence electrons. The SMILES string of the molecule is CNCC(C)N1CCN(CCO)CC1. The number of aliphatic hydroxyl groups is 1. The van der Waals surface area contributed by atoms with E-state index >= 15 is 0 Å². The molecule has 0 aliphatic carbocycles. The Kier molecular flexibility index (Phi) is 5.40. The minimum atomic E-state index is 0.284. The molecule has 0 saturated carbocycles. The zero-order valence-corrected chi connectivity index (χ0v) is 9.37. The molecule has 1 fully saturated rings. The highest BCUT2D eigenvalue weighted by Crippen LogP contribution is 2.05. The highest BCUT2D eigenvalue weighted by Gasteiger charge is 2.19. The van der Waals surface area contributed by atoms with Crippen molar-refractivity contribution < 1.29 is 5.11 Å². The van der Waals surface area contributed by atoms with Gasteiger partial charge in [-0.05, 0) is 14.0 Å². The average molecular weight is 201 g/mol. The normalized spacial score (nSPS) is 22.5. The van der Waals surface area contributed by atoms with Crippen LogP contribution in [0.2, 0.25) is 0 Å². The number of nitrogens with zero attached hydrogens (tertiary/aromatic N) is 2. The van der Waals surface area contributed by atoms with E-state index in [-0.39, 0.29) is 6.61 Å². The van der Waals surface area contributed by atoms with Crippen LogP contribution in [0.15, 0.2) is 0 Å². The maximum Gasteiger partial charge on any atom is 0.0558 e. The molecular weight excluding hydrogens is 178 g/mol. The van der Waals surface area contributed by atoms with Crippen molar-refractivity contribution in [3.63, 3.8) is 0 Å². The van der Waals surface area contributed by atoms with Gasteiger partial charge >= 0.3 is 0 Å². The molecule has 1 aliphatic heterocycles. The van der Waals surface area contributed by atoms with Crippen molar-refractivity contribution >= 4 is 0 Å². The van der Waals surface area contributed by atoms with E-state index in [1.165, 1.54) is 0 Å². The standard InChI is InChI=1S/C10H23N3O/c1-10(9-11-2)13-5-3-12(4-6-13)7-8-14/h10-11,14H,3-9H2,1-2H3. The number of hydrogen-bond donors (Lipinski definition) is 2. The lowest BCUT2D eigenvalue weighted by molar-refractivity contribution is 0.0891. The Bertz CT molecular complexity index is 146. The molecule has 1 aliphatic rings. The summed E-state index contributed by atoms with van der Waals surface area (Å²) in [5.41, 5.74) is 0. The minimum Gasteiger partial charge on any atom is -0.395 e. The topological polar surface area (TPSA) is 38.7 Å². The highest BCUT2D eigenvalue weighted by atomic mass is 16.3. The van der Waals surface area contributed by atoms with Gasteiger partial charge in [0.1, 0.15) is 0 Å². The lowest BCUT2D eigenvalue weighted by Crippen LogP contribution is -2.52. The van der Waals surface area contributed by atoms with Crippen molar-refractivity contribution in [2.75, 3.05) is 52.9 Å². The van der Waals surface area contributed by atoms with Crippen LogP contribution >= 0.6 is 0 Å². The van der Waals surface area contributed by atoms with Gasteiger partial charge in [-0.1, -0.05) is 0 Å². The van der Waals surface area contributed by atoms with Crippen LogP contribution in [0.4, 0.5) is 0 Å². The van der Waals surface area contributed by atoms with Crippen LogP contribution in [0, 0.1) is 0 Å². The molecule has 0 aromatic heterocycles. The zero-order chi connectivity index (χ0) is 10.4. The molecule has 1 atom stereocenters. The van der Waals surface area contributed by atoms with Crippen LogP contribution in [-0.4, -0.2) is 73.9 Å². The monoisotopic (exact) mass is 201 g/mol. The first-order chi connectivity index (χ1) is 6.77. The lowest BCUT2D eigenvalue weighted by atomic mass is 10.2. The van der Waals surface area contributed by atoms with Gasteiger partial charge in [0.2, 0.25) is 0 Å². The van der Waals surface area contributed by atoms with Gasteiger partial charge in [-0.2, -0.15) is 0 Å². The Balaban J connectivity index is 2.21. The zero-order valence-electron chi connectivity index (χ0n) is 9.37. The largest absolute Gasteiger partial charge is 0.395 e. The van der Waals surface area contributed by atoms with Crippen LogP contribution in [0.25, 0.3) is 0 Å². The van der Waals surface area contributed by atoms with E-state index in [1.54, 1.807) is 0 Å². The number of aliphatic hydroxyl groups excluding tert-OH is 1. The fourth-order valence-corrected chi connectivity index (χ4v) is 1.99. The van der Waals surface area contributed by atoms with Gasteiger partial charge in [0.05, 0.1) is 6.61 Å². The van der Waals surface area contributed by atoms with E-state index < -0.39 is 0 Å². The average Bonchev–Trinajstić information content (AvgIpc) is 2.20. The van der Waals surface area contributed by atoms with Crippen molar-refractivity contribution in [1.29, 1.82) is 0 Å². The predicted molar refractivity (Wildman–Crippen MR) is 58.5 cm³/mol. The number of rotatable bonds is 5. The second-order valence-electron chi connectivity index (χ2n) is 4.01. The maximum absolute atomic E-state index is 8.81. The van der Waals surface area contributed by atoms with Crippen LogP contribution in [0.1, 0.15) is 6.92 Å². The maximum atomic E-state index is 8.81. The van der Waals surface area contributed by atoms with Crippen molar-refractivity contribution in [1.82, 2.24) is 15.1 Å². The number of β-amino-alcohol motifs (C(OH)–C–C–N with tert-alkyl or cyclic N) is 1. The van der Waals surface area contributed by atoms with Gasteiger partial charge in [-0.3, -0.25) is 9.80 Å². The third-order valence-electron chi connectivity index (χ3n) is 2.95. The van der Waals surface area contributed by atoms with Gasteiger partial charge in [-0.15, -0.1) is 0 Å². The number of piperazine rings is 1. The molecule has 0 amide bonds. The van der Waals surface area contributed by atoms with E-state index in [9.17, 15) is 0 Å². The van der Waals surface area contributed by atoms with Crippen molar-refractivity contribution in [2.24, 2.45) is 0 Å². The summed E-state index contributed by atoms with van der Waals surface area (Å²) in [5.74, 6) is 0. The van der Waals surface area contributed by atoms with Crippen molar-refractivity contribution in [3.05, 3.63) is 0 Å². The summed E-state index contributed by atoms with van der Waals surface area (Å²) in [4.78, 5) is 4.83. The smallest absolute Gasteiger partial charge is 0.0558 e. The van der Waals surface area contributed by atoms with E-state index in [0.717, 1.165) is 39.3 Å². The van der Waals surface area contributed by atoms with Crippen molar-refractivity contribution in [2.45, 2.75) is 13.0 Å². The van der Waals surface area contributed by atoms with Gasteiger partial charge in [0.25, 0.3) is 0 Å². The summed E-state index contributed by atoms with van der Waals surface area (Å²) in [6.07, 6.45) is 0. The van der Waals surface area contributed by atoms with Gasteiger partial charge in [0.15, 0.2) is 0 Å². The summed E-state index contributed by atoms with van der Waals surface area (Å²) in [7, 11) is 2.00. The molecule has 4 nitrogen and oxygen atoms in total. The molecule has 1 saturated heterocycles. The number of nitrogens with one attached hydrogen (secondary N) is 1. The molecule has 0 spiro atoms. The lowest BCUT2D eigenvalue weighted by Gasteiger charge is -2.37. The summed E-state index contributed by atoms with van der Waals surface area (Å²) >= 11 is 0. The highest BCUT2D eigenvalue weighted by molar-refractivity contribution is 4.76.